The lowest BCUT2D eigenvalue weighted by molar-refractivity contribution is -0.133. The lowest BCUT2D eigenvalue weighted by Gasteiger charge is -2.38. The molecule has 3 heteroatoms. The molecule has 1 aromatic rings. The van der Waals surface area contributed by atoms with Crippen molar-refractivity contribution >= 4 is 5.91 Å². The van der Waals surface area contributed by atoms with Crippen LogP contribution in [0.3, 0.4) is 0 Å². The highest BCUT2D eigenvalue weighted by molar-refractivity contribution is 5.82. The van der Waals surface area contributed by atoms with Gasteiger partial charge in [-0.3, -0.25) is 4.79 Å². The Morgan fingerprint density at radius 2 is 1.76 bits per heavy atom. The molecule has 0 saturated carbocycles. The number of hydrogen-bond acceptors (Lipinski definition) is 2. The van der Waals surface area contributed by atoms with E-state index in [1.165, 1.54) is 5.56 Å². The molecule has 0 aromatic heterocycles. The molecule has 1 amide bonds. The maximum atomic E-state index is 12.8. The Morgan fingerprint density at radius 3 is 2.29 bits per heavy atom. The van der Waals surface area contributed by atoms with E-state index in [1.807, 2.05) is 18.2 Å². The predicted molar refractivity (Wildman–Crippen MR) is 87.0 cm³/mol. The molecular weight excluding hydrogens is 260 g/mol. The van der Waals surface area contributed by atoms with E-state index in [-0.39, 0.29) is 22.8 Å². The Hall–Kier alpha value is -1.35. The van der Waals surface area contributed by atoms with Gasteiger partial charge in [-0.1, -0.05) is 58.0 Å². The van der Waals surface area contributed by atoms with Crippen molar-refractivity contribution in [1.29, 1.82) is 0 Å². The van der Waals surface area contributed by atoms with Crippen molar-refractivity contribution in [2.75, 3.05) is 13.1 Å². The Labute approximate surface area is 128 Å². The number of rotatable bonds is 3. The summed E-state index contributed by atoms with van der Waals surface area (Å²) in [5.41, 5.74) is 0.917. The fraction of sp³-hybridized carbons (Fsp3) is 0.611. The molecule has 1 aromatic carbocycles. The molecule has 1 aliphatic heterocycles. The molecule has 1 fully saturated rings. The number of hydrogen-bond donors (Lipinski definition) is 2. The van der Waals surface area contributed by atoms with E-state index < -0.39 is 0 Å². The van der Waals surface area contributed by atoms with Crippen molar-refractivity contribution in [1.82, 2.24) is 10.6 Å². The summed E-state index contributed by atoms with van der Waals surface area (Å²) in [4.78, 5) is 12.8. The van der Waals surface area contributed by atoms with Gasteiger partial charge in [-0.2, -0.15) is 0 Å². The molecule has 2 rings (SSSR count). The second kappa shape index (κ2) is 6.18. The summed E-state index contributed by atoms with van der Waals surface area (Å²) in [6.45, 7) is 10.5. The summed E-state index contributed by atoms with van der Waals surface area (Å²) in [6.07, 6.45) is 1.81. The fourth-order valence-corrected chi connectivity index (χ4v) is 2.96. The zero-order valence-corrected chi connectivity index (χ0v) is 13.7. The van der Waals surface area contributed by atoms with Gasteiger partial charge < -0.3 is 10.6 Å². The lowest BCUT2D eigenvalue weighted by Crippen LogP contribution is -2.48. The Kier molecular flexibility index (Phi) is 4.72. The Morgan fingerprint density at radius 1 is 1.19 bits per heavy atom. The van der Waals surface area contributed by atoms with Crippen LogP contribution in [-0.2, 0) is 4.79 Å². The first-order valence-electron chi connectivity index (χ1n) is 7.90. The molecule has 1 unspecified atom stereocenters. The third-order valence-electron chi connectivity index (χ3n) is 4.53. The molecular formula is C18H28N2O. The van der Waals surface area contributed by atoms with Gasteiger partial charge in [0.2, 0.25) is 5.91 Å². The molecule has 21 heavy (non-hydrogen) atoms. The standard InChI is InChI=1S/C18H28N2O/c1-17(2,3)15(14-8-6-5-7-9-14)20-16(21)18(4)10-12-19-13-11-18/h5-9,15,19H,10-13H2,1-4H3,(H,20,21). The minimum absolute atomic E-state index is 0.0136. The van der Waals surface area contributed by atoms with Crippen LogP contribution in [0, 0.1) is 10.8 Å². The van der Waals surface area contributed by atoms with E-state index in [2.05, 4.69) is 50.5 Å². The Balaban J connectivity index is 2.18. The first-order valence-corrected chi connectivity index (χ1v) is 7.90. The van der Waals surface area contributed by atoms with Crippen molar-refractivity contribution in [3.8, 4) is 0 Å². The van der Waals surface area contributed by atoms with Crippen molar-refractivity contribution in [3.05, 3.63) is 35.9 Å². The molecule has 0 aliphatic carbocycles. The summed E-state index contributed by atoms with van der Waals surface area (Å²) in [7, 11) is 0. The zero-order chi connectivity index (χ0) is 15.5. The van der Waals surface area contributed by atoms with Crippen LogP contribution in [0.15, 0.2) is 30.3 Å². The van der Waals surface area contributed by atoms with Crippen LogP contribution in [-0.4, -0.2) is 19.0 Å². The van der Waals surface area contributed by atoms with Crippen LogP contribution in [0.2, 0.25) is 0 Å². The van der Waals surface area contributed by atoms with E-state index in [4.69, 9.17) is 0 Å². The molecule has 0 radical (unpaired) electrons. The van der Waals surface area contributed by atoms with Crippen molar-refractivity contribution in [2.24, 2.45) is 10.8 Å². The molecule has 1 aliphatic rings. The molecule has 1 saturated heterocycles. The summed E-state index contributed by atoms with van der Waals surface area (Å²) >= 11 is 0. The van der Waals surface area contributed by atoms with Gasteiger partial charge in [0.25, 0.3) is 0 Å². The fourth-order valence-electron chi connectivity index (χ4n) is 2.96. The Bertz CT molecular complexity index is 470. The average Bonchev–Trinajstić information content (AvgIpc) is 2.45. The van der Waals surface area contributed by atoms with Gasteiger partial charge in [-0.25, -0.2) is 0 Å². The number of carbonyl (C=O) groups excluding carboxylic acids is 1. The van der Waals surface area contributed by atoms with Crippen LogP contribution >= 0.6 is 0 Å². The van der Waals surface area contributed by atoms with Gasteiger partial charge in [0, 0.05) is 5.41 Å². The highest BCUT2D eigenvalue weighted by Gasteiger charge is 2.37. The van der Waals surface area contributed by atoms with E-state index in [0.717, 1.165) is 25.9 Å². The number of nitrogens with one attached hydrogen (secondary N) is 2. The number of piperidine rings is 1. The zero-order valence-electron chi connectivity index (χ0n) is 13.7. The maximum Gasteiger partial charge on any atom is 0.226 e. The number of benzene rings is 1. The molecule has 0 spiro atoms. The van der Waals surface area contributed by atoms with Gasteiger partial charge in [0.1, 0.15) is 0 Å². The first-order chi connectivity index (χ1) is 9.83. The number of amides is 1. The van der Waals surface area contributed by atoms with Gasteiger partial charge in [-0.15, -0.1) is 0 Å². The van der Waals surface area contributed by atoms with E-state index in [0.29, 0.717) is 0 Å². The van der Waals surface area contributed by atoms with Gasteiger partial charge in [0.05, 0.1) is 6.04 Å². The molecule has 0 bridgehead atoms. The van der Waals surface area contributed by atoms with Gasteiger partial charge >= 0.3 is 0 Å². The second-order valence-electron chi connectivity index (χ2n) is 7.49. The summed E-state index contributed by atoms with van der Waals surface area (Å²) in [5.74, 6) is 0.188. The molecule has 2 N–H and O–H groups in total. The minimum atomic E-state index is -0.246. The lowest BCUT2D eigenvalue weighted by atomic mass is 9.77. The normalized spacial score (nSPS) is 19.8. The van der Waals surface area contributed by atoms with E-state index in [1.54, 1.807) is 0 Å². The van der Waals surface area contributed by atoms with Crippen LogP contribution in [0.25, 0.3) is 0 Å². The molecule has 3 nitrogen and oxygen atoms in total. The second-order valence-corrected chi connectivity index (χ2v) is 7.49. The van der Waals surface area contributed by atoms with Crippen molar-refractivity contribution in [3.63, 3.8) is 0 Å². The molecule has 1 heterocycles. The topological polar surface area (TPSA) is 41.1 Å². The monoisotopic (exact) mass is 288 g/mol. The van der Waals surface area contributed by atoms with E-state index in [9.17, 15) is 4.79 Å². The predicted octanol–water partition coefficient (Wildman–Crippen LogP) is 3.28. The van der Waals surface area contributed by atoms with Gasteiger partial charge in [-0.05, 0) is 36.9 Å². The summed E-state index contributed by atoms with van der Waals surface area (Å²) < 4.78 is 0. The van der Waals surface area contributed by atoms with Crippen LogP contribution in [0.5, 0.6) is 0 Å². The van der Waals surface area contributed by atoms with Crippen LogP contribution in [0.1, 0.15) is 52.1 Å². The van der Waals surface area contributed by atoms with Crippen LogP contribution < -0.4 is 10.6 Å². The number of carbonyl (C=O) groups is 1. The van der Waals surface area contributed by atoms with Crippen LogP contribution in [0.4, 0.5) is 0 Å². The van der Waals surface area contributed by atoms with E-state index >= 15 is 0 Å². The summed E-state index contributed by atoms with van der Waals surface area (Å²) in [5, 5.41) is 6.65. The third-order valence-corrected chi connectivity index (χ3v) is 4.53. The highest BCUT2D eigenvalue weighted by atomic mass is 16.2. The molecule has 116 valence electrons. The third kappa shape index (κ3) is 3.85. The van der Waals surface area contributed by atoms with Gasteiger partial charge in [0.15, 0.2) is 0 Å². The highest BCUT2D eigenvalue weighted by Crippen LogP contribution is 2.35. The molecule has 1 atom stereocenters. The smallest absolute Gasteiger partial charge is 0.226 e. The minimum Gasteiger partial charge on any atom is -0.348 e. The largest absolute Gasteiger partial charge is 0.348 e. The average molecular weight is 288 g/mol. The van der Waals surface area contributed by atoms with Crippen molar-refractivity contribution in [2.45, 2.75) is 46.6 Å². The summed E-state index contributed by atoms with van der Waals surface area (Å²) in [6, 6.07) is 10.3. The first kappa shape index (κ1) is 16.0. The SMILES string of the molecule is CC1(C(=O)NC(c2ccccc2)C(C)(C)C)CCNCC1. The quantitative estimate of drug-likeness (QED) is 0.896. The maximum absolute atomic E-state index is 12.8. The van der Waals surface area contributed by atoms with Crippen molar-refractivity contribution < 1.29 is 4.79 Å².